The third kappa shape index (κ3) is 2.79. The van der Waals surface area contributed by atoms with Gasteiger partial charge in [0.15, 0.2) is 5.13 Å². The molecule has 0 spiro atoms. The second-order valence-corrected chi connectivity index (χ2v) is 6.83. The van der Waals surface area contributed by atoms with Gasteiger partial charge in [0.2, 0.25) is 0 Å². The maximum absolute atomic E-state index is 12.1. The van der Waals surface area contributed by atoms with Crippen LogP contribution < -0.4 is 5.32 Å². The van der Waals surface area contributed by atoms with Crippen molar-refractivity contribution < 1.29 is 4.79 Å². The van der Waals surface area contributed by atoms with Gasteiger partial charge in [0, 0.05) is 15.1 Å². The van der Waals surface area contributed by atoms with E-state index in [-0.39, 0.29) is 5.91 Å². The van der Waals surface area contributed by atoms with Crippen molar-refractivity contribution in [1.82, 2.24) is 4.98 Å². The molecule has 0 bridgehead atoms. The molecule has 2 rings (SSSR count). The van der Waals surface area contributed by atoms with Crippen molar-refractivity contribution in [2.24, 2.45) is 0 Å². The predicted octanol–water partition coefficient (Wildman–Crippen LogP) is 4.20. The fourth-order valence-electron chi connectivity index (χ4n) is 1.63. The number of nitrogens with one attached hydrogen (secondary N) is 1. The summed E-state index contributed by atoms with van der Waals surface area (Å²) < 4.78 is 0. The minimum absolute atomic E-state index is 0.0680. The molecule has 3 nitrogen and oxygen atoms in total. The minimum atomic E-state index is -0.0680. The van der Waals surface area contributed by atoms with Crippen LogP contribution in [0.3, 0.4) is 0 Å². The number of amides is 1. The third-order valence-corrected chi connectivity index (χ3v) is 4.36. The van der Waals surface area contributed by atoms with Crippen LogP contribution >= 0.6 is 22.7 Å². The fourth-order valence-corrected chi connectivity index (χ4v) is 3.42. The number of thiazole rings is 1. The van der Waals surface area contributed by atoms with Gasteiger partial charge in [-0.15, -0.1) is 22.7 Å². The molecule has 18 heavy (non-hydrogen) atoms. The van der Waals surface area contributed by atoms with Crippen LogP contribution in [0.5, 0.6) is 0 Å². The molecule has 0 aromatic carbocycles. The Morgan fingerprint density at radius 2 is 2.11 bits per heavy atom. The lowest BCUT2D eigenvalue weighted by Gasteiger charge is -2.01. The first-order valence-electron chi connectivity index (χ1n) is 5.81. The van der Waals surface area contributed by atoms with Gasteiger partial charge in [-0.05, 0) is 25.8 Å². The van der Waals surface area contributed by atoms with E-state index in [1.54, 1.807) is 11.3 Å². The molecule has 0 aliphatic heterocycles. The summed E-state index contributed by atoms with van der Waals surface area (Å²) >= 11 is 3.11. The smallest absolute Gasteiger partial charge is 0.258 e. The monoisotopic (exact) mass is 280 g/mol. The first-order valence-corrected chi connectivity index (χ1v) is 7.50. The van der Waals surface area contributed by atoms with Crippen molar-refractivity contribution in [2.45, 2.75) is 33.6 Å². The summed E-state index contributed by atoms with van der Waals surface area (Å²) in [6.07, 6.45) is 0. The molecule has 0 radical (unpaired) electrons. The van der Waals surface area contributed by atoms with Gasteiger partial charge in [0.05, 0.1) is 11.3 Å². The zero-order valence-corrected chi connectivity index (χ0v) is 12.5. The highest BCUT2D eigenvalue weighted by Gasteiger charge is 2.14. The van der Waals surface area contributed by atoms with Gasteiger partial charge in [-0.25, -0.2) is 4.98 Å². The summed E-state index contributed by atoms with van der Waals surface area (Å²) in [6, 6.07) is 1.92. The Hall–Kier alpha value is -1.20. The standard InChI is InChI=1S/C13H16N2OS2/c1-7(2)11-6-17-13(14-11)15-12(16)10-5-8(3)18-9(10)4/h5-7H,1-4H3,(H,14,15,16). The molecule has 0 aliphatic carbocycles. The van der Waals surface area contributed by atoms with Gasteiger partial charge in [0.1, 0.15) is 0 Å². The molecule has 96 valence electrons. The molecule has 1 N–H and O–H groups in total. The minimum Gasteiger partial charge on any atom is -0.298 e. The Morgan fingerprint density at radius 1 is 1.39 bits per heavy atom. The van der Waals surface area contributed by atoms with E-state index in [1.807, 2.05) is 25.3 Å². The second kappa shape index (κ2) is 5.20. The molecule has 0 unspecified atom stereocenters. The number of anilines is 1. The van der Waals surface area contributed by atoms with Crippen LogP contribution in [0.25, 0.3) is 0 Å². The quantitative estimate of drug-likeness (QED) is 0.915. The van der Waals surface area contributed by atoms with Crippen LogP contribution in [0, 0.1) is 13.8 Å². The lowest BCUT2D eigenvalue weighted by Crippen LogP contribution is -2.11. The summed E-state index contributed by atoms with van der Waals surface area (Å²) in [5.74, 6) is 0.318. The first-order chi connectivity index (χ1) is 8.47. The number of nitrogens with zero attached hydrogens (tertiary/aromatic N) is 1. The highest BCUT2D eigenvalue weighted by molar-refractivity contribution is 7.14. The number of rotatable bonds is 3. The fraction of sp³-hybridized carbons (Fsp3) is 0.385. The van der Waals surface area contributed by atoms with E-state index < -0.39 is 0 Å². The Kier molecular flexibility index (Phi) is 3.82. The Bertz CT molecular complexity index is 569. The highest BCUT2D eigenvalue weighted by atomic mass is 32.1. The van der Waals surface area contributed by atoms with Crippen molar-refractivity contribution in [1.29, 1.82) is 0 Å². The molecule has 0 aliphatic rings. The average molecular weight is 280 g/mol. The summed E-state index contributed by atoms with van der Waals surface area (Å²) in [7, 11) is 0. The highest BCUT2D eigenvalue weighted by Crippen LogP contribution is 2.24. The maximum Gasteiger partial charge on any atom is 0.258 e. The van der Waals surface area contributed by atoms with Crippen LogP contribution in [0.2, 0.25) is 0 Å². The molecule has 2 heterocycles. The van der Waals surface area contributed by atoms with Crippen LogP contribution in [-0.4, -0.2) is 10.9 Å². The lowest BCUT2D eigenvalue weighted by atomic mass is 10.2. The molecular weight excluding hydrogens is 264 g/mol. The molecule has 5 heteroatoms. The summed E-state index contributed by atoms with van der Waals surface area (Å²) in [5.41, 5.74) is 1.77. The van der Waals surface area contributed by atoms with E-state index in [1.165, 1.54) is 11.3 Å². The van der Waals surface area contributed by atoms with Gasteiger partial charge in [-0.1, -0.05) is 13.8 Å². The lowest BCUT2D eigenvalue weighted by molar-refractivity contribution is 0.102. The van der Waals surface area contributed by atoms with E-state index in [0.29, 0.717) is 11.0 Å². The number of thiophene rings is 1. The van der Waals surface area contributed by atoms with Gasteiger partial charge in [0.25, 0.3) is 5.91 Å². The van der Waals surface area contributed by atoms with Crippen molar-refractivity contribution in [2.75, 3.05) is 5.32 Å². The van der Waals surface area contributed by atoms with E-state index in [0.717, 1.165) is 21.0 Å². The average Bonchev–Trinajstić information content (AvgIpc) is 2.85. The Labute approximate surface area is 115 Å². The van der Waals surface area contributed by atoms with Crippen LogP contribution in [0.1, 0.15) is 45.6 Å². The van der Waals surface area contributed by atoms with Crippen LogP contribution in [0.15, 0.2) is 11.4 Å². The largest absolute Gasteiger partial charge is 0.298 e. The first kappa shape index (κ1) is 13.2. The number of aryl methyl sites for hydroxylation is 2. The maximum atomic E-state index is 12.1. The van der Waals surface area contributed by atoms with Crippen LogP contribution in [-0.2, 0) is 0 Å². The van der Waals surface area contributed by atoms with Gasteiger partial charge in [-0.3, -0.25) is 10.1 Å². The van der Waals surface area contributed by atoms with Gasteiger partial charge >= 0.3 is 0 Å². The molecule has 1 amide bonds. The number of carbonyl (C=O) groups is 1. The number of aromatic nitrogens is 1. The zero-order valence-electron chi connectivity index (χ0n) is 10.9. The van der Waals surface area contributed by atoms with Crippen molar-refractivity contribution in [3.63, 3.8) is 0 Å². The van der Waals surface area contributed by atoms with Crippen molar-refractivity contribution in [3.05, 3.63) is 32.5 Å². The zero-order chi connectivity index (χ0) is 13.3. The summed E-state index contributed by atoms with van der Waals surface area (Å²) in [5, 5.41) is 5.53. The van der Waals surface area contributed by atoms with E-state index >= 15 is 0 Å². The number of carbonyl (C=O) groups excluding carboxylic acids is 1. The molecule has 0 fully saturated rings. The van der Waals surface area contributed by atoms with Crippen molar-refractivity contribution in [3.8, 4) is 0 Å². The molecule has 0 atom stereocenters. The molecule has 2 aromatic heterocycles. The Morgan fingerprint density at radius 3 is 2.61 bits per heavy atom. The SMILES string of the molecule is Cc1cc(C(=O)Nc2nc(C(C)C)cs2)c(C)s1. The number of hydrogen-bond donors (Lipinski definition) is 1. The Balaban J connectivity index is 2.13. The van der Waals surface area contributed by atoms with E-state index in [4.69, 9.17) is 0 Å². The topological polar surface area (TPSA) is 42.0 Å². The van der Waals surface area contributed by atoms with Crippen molar-refractivity contribution >= 4 is 33.7 Å². The molecule has 2 aromatic rings. The number of hydrogen-bond acceptors (Lipinski definition) is 4. The van der Waals surface area contributed by atoms with Gasteiger partial charge < -0.3 is 0 Å². The summed E-state index contributed by atoms with van der Waals surface area (Å²) in [6.45, 7) is 8.16. The van der Waals surface area contributed by atoms with Gasteiger partial charge in [-0.2, -0.15) is 0 Å². The van der Waals surface area contributed by atoms with E-state index in [9.17, 15) is 4.79 Å². The predicted molar refractivity (Wildman–Crippen MR) is 77.9 cm³/mol. The molecular formula is C13H16N2OS2. The second-order valence-electron chi connectivity index (χ2n) is 4.51. The molecule has 0 saturated carbocycles. The van der Waals surface area contributed by atoms with Crippen LogP contribution in [0.4, 0.5) is 5.13 Å². The van der Waals surface area contributed by atoms with E-state index in [2.05, 4.69) is 24.1 Å². The normalized spacial score (nSPS) is 10.9. The third-order valence-electron chi connectivity index (χ3n) is 2.62. The molecule has 0 saturated heterocycles. The summed E-state index contributed by atoms with van der Waals surface area (Å²) in [4.78, 5) is 18.7.